The van der Waals surface area contributed by atoms with E-state index in [9.17, 15) is 4.79 Å². The molecule has 0 saturated carbocycles. The first kappa shape index (κ1) is 19.3. The van der Waals surface area contributed by atoms with Crippen LogP contribution in [0.1, 0.15) is 25.2 Å². The standard InChI is InChI=1S/C22H21N7O/c1-3-5-14-29-22(30)28(20(4-2)25-29)15-16-10-12-17(13-11-16)18-8-6-7-9-19(18)21-23-26-27-24-21/h6-13H,4,14-15H2,1-2H3,(H,23,24,26,27). The molecule has 2 aromatic carbocycles. The number of nitrogens with one attached hydrogen (secondary N) is 1. The van der Waals surface area contributed by atoms with Gasteiger partial charge in [-0.25, -0.2) is 9.48 Å². The molecule has 4 rings (SSSR count). The summed E-state index contributed by atoms with van der Waals surface area (Å²) in [5.74, 6) is 7.01. The molecule has 30 heavy (non-hydrogen) atoms. The Bertz CT molecular complexity index is 1260. The molecule has 0 aliphatic carbocycles. The number of H-pyrrole nitrogens is 1. The van der Waals surface area contributed by atoms with E-state index in [2.05, 4.69) is 37.6 Å². The highest BCUT2D eigenvalue weighted by atomic mass is 16.2. The van der Waals surface area contributed by atoms with Crippen LogP contribution in [-0.2, 0) is 19.5 Å². The van der Waals surface area contributed by atoms with E-state index in [1.807, 2.05) is 55.5 Å². The molecule has 0 saturated heterocycles. The molecule has 0 fully saturated rings. The van der Waals surface area contributed by atoms with Gasteiger partial charge in [-0.05, 0) is 28.8 Å². The zero-order valence-corrected chi connectivity index (χ0v) is 16.8. The Morgan fingerprint density at radius 3 is 2.50 bits per heavy atom. The van der Waals surface area contributed by atoms with E-state index in [1.54, 1.807) is 11.5 Å². The van der Waals surface area contributed by atoms with Gasteiger partial charge < -0.3 is 0 Å². The molecule has 0 spiro atoms. The molecule has 150 valence electrons. The van der Waals surface area contributed by atoms with E-state index < -0.39 is 0 Å². The monoisotopic (exact) mass is 399 g/mol. The summed E-state index contributed by atoms with van der Waals surface area (Å²) in [5.41, 5.74) is 3.84. The van der Waals surface area contributed by atoms with Crippen molar-refractivity contribution in [1.29, 1.82) is 0 Å². The lowest BCUT2D eigenvalue weighted by atomic mass is 9.98. The van der Waals surface area contributed by atoms with E-state index in [4.69, 9.17) is 0 Å². The zero-order valence-electron chi connectivity index (χ0n) is 16.8. The van der Waals surface area contributed by atoms with Crippen molar-refractivity contribution >= 4 is 0 Å². The summed E-state index contributed by atoms with van der Waals surface area (Å²) in [5, 5.41) is 18.7. The van der Waals surface area contributed by atoms with Crippen LogP contribution < -0.4 is 5.69 Å². The van der Waals surface area contributed by atoms with Crippen LogP contribution in [0.25, 0.3) is 22.5 Å². The number of aromatic nitrogens is 7. The largest absolute Gasteiger partial charge is 0.347 e. The van der Waals surface area contributed by atoms with Gasteiger partial charge in [-0.3, -0.25) is 4.57 Å². The van der Waals surface area contributed by atoms with Crippen LogP contribution in [0.5, 0.6) is 0 Å². The highest BCUT2D eigenvalue weighted by Crippen LogP contribution is 2.29. The molecule has 0 aliphatic rings. The van der Waals surface area contributed by atoms with Gasteiger partial charge >= 0.3 is 5.69 Å². The molecule has 8 nitrogen and oxygen atoms in total. The van der Waals surface area contributed by atoms with Gasteiger partial charge in [0.05, 0.1) is 6.54 Å². The van der Waals surface area contributed by atoms with Crippen molar-refractivity contribution in [2.24, 2.45) is 0 Å². The van der Waals surface area contributed by atoms with Crippen LogP contribution in [-0.4, -0.2) is 35.0 Å². The van der Waals surface area contributed by atoms with Crippen molar-refractivity contribution in [1.82, 2.24) is 35.0 Å². The molecule has 2 aromatic heterocycles. The number of nitrogens with zero attached hydrogens (tertiary/aromatic N) is 6. The van der Waals surface area contributed by atoms with Crippen LogP contribution in [0.3, 0.4) is 0 Å². The number of benzene rings is 2. The molecule has 0 bridgehead atoms. The molecule has 8 heteroatoms. The number of aryl methyl sites for hydroxylation is 1. The SMILES string of the molecule is CC#CCn1nc(CC)n(Cc2ccc(-c3ccccc3-c3nn[nH]n3)cc2)c1=O. The van der Waals surface area contributed by atoms with Gasteiger partial charge in [-0.15, -0.1) is 16.1 Å². The Labute approximate surface area is 173 Å². The summed E-state index contributed by atoms with van der Waals surface area (Å²) in [6.07, 6.45) is 0.679. The van der Waals surface area contributed by atoms with Crippen molar-refractivity contribution in [2.75, 3.05) is 0 Å². The molecular formula is C22H21N7O. The maximum absolute atomic E-state index is 12.7. The minimum atomic E-state index is -0.138. The maximum atomic E-state index is 12.7. The third-order valence-electron chi connectivity index (χ3n) is 4.84. The number of tetrazole rings is 1. The average molecular weight is 399 g/mol. The fourth-order valence-electron chi connectivity index (χ4n) is 3.34. The van der Waals surface area contributed by atoms with Gasteiger partial charge in [0.15, 0.2) is 0 Å². The molecule has 0 unspecified atom stereocenters. The van der Waals surface area contributed by atoms with E-state index in [-0.39, 0.29) is 5.69 Å². The summed E-state index contributed by atoms with van der Waals surface area (Å²) in [6, 6.07) is 16.1. The molecule has 4 aromatic rings. The number of hydrogen-bond acceptors (Lipinski definition) is 5. The van der Waals surface area contributed by atoms with Crippen molar-refractivity contribution in [2.45, 2.75) is 33.4 Å². The van der Waals surface area contributed by atoms with E-state index in [1.165, 1.54) is 4.68 Å². The van der Waals surface area contributed by atoms with Crippen molar-refractivity contribution in [3.05, 3.63) is 70.4 Å². The molecule has 0 aliphatic heterocycles. The highest BCUT2D eigenvalue weighted by Gasteiger charge is 2.13. The van der Waals surface area contributed by atoms with Gasteiger partial charge in [0, 0.05) is 12.0 Å². The lowest BCUT2D eigenvalue weighted by molar-refractivity contribution is 0.657. The first-order valence-corrected chi connectivity index (χ1v) is 9.69. The summed E-state index contributed by atoms with van der Waals surface area (Å²) >= 11 is 0. The van der Waals surface area contributed by atoms with Crippen LogP contribution in [0, 0.1) is 11.8 Å². The van der Waals surface area contributed by atoms with E-state index in [0.29, 0.717) is 25.3 Å². The lowest BCUT2D eigenvalue weighted by Gasteiger charge is -2.09. The van der Waals surface area contributed by atoms with Crippen LogP contribution in [0.15, 0.2) is 53.3 Å². The van der Waals surface area contributed by atoms with Crippen LogP contribution in [0.2, 0.25) is 0 Å². The Morgan fingerprint density at radius 1 is 1.07 bits per heavy atom. The molecule has 0 atom stereocenters. The lowest BCUT2D eigenvalue weighted by Crippen LogP contribution is -2.25. The molecular weight excluding hydrogens is 378 g/mol. The van der Waals surface area contributed by atoms with Crippen molar-refractivity contribution < 1.29 is 0 Å². The van der Waals surface area contributed by atoms with Gasteiger partial charge in [-0.1, -0.05) is 61.4 Å². The number of aromatic amines is 1. The second-order valence-corrected chi connectivity index (χ2v) is 6.70. The first-order valence-electron chi connectivity index (χ1n) is 9.69. The maximum Gasteiger partial charge on any atom is 0.347 e. The average Bonchev–Trinajstić information content (AvgIpc) is 3.42. The van der Waals surface area contributed by atoms with Crippen molar-refractivity contribution in [3.8, 4) is 34.4 Å². The minimum Gasteiger partial charge on any atom is -0.274 e. The van der Waals surface area contributed by atoms with Gasteiger partial charge in [0.2, 0.25) is 5.82 Å². The topological polar surface area (TPSA) is 94.3 Å². The normalized spacial score (nSPS) is 10.6. The predicted molar refractivity (Wildman–Crippen MR) is 113 cm³/mol. The van der Waals surface area contributed by atoms with Crippen molar-refractivity contribution in [3.63, 3.8) is 0 Å². The fourth-order valence-corrected chi connectivity index (χ4v) is 3.34. The van der Waals surface area contributed by atoms with Gasteiger partial charge in [0.1, 0.15) is 12.4 Å². The van der Waals surface area contributed by atoms with Crippen LogP contribution in [0.4, 0.5) is 0 Å². The minimum absolute atomic E-state index is 0.138. The Balaban J connectivity index is 1.63. The first-order chi connectivity index (χ1) is 14.7. The summed E-state index contributed by atoms with van der Waals surface area (Å²) in [6.45, 7) is 4.52. The highest BCUT2D eigenvalue weighted by molar-refractivity contribution is 5.80. The number of hydrogen-bond donors (Lipinski definition) is 1. The smallest absolute Gasteiger partial charge is 0.274 e. The predicted octanol–water partition coefficient (Wildman–Crippen LogP) is 2.53. The number of rotatable bonds is 6. The molecule has 1 N–H and O–H groups in total. The Hall–Kier alpha value is -3.99. The fraction of sp³-hybridized carbons (Fsp3) is 0.227. The zero-order chi connectivity index (χ0) is 20.9. The molecule has 0 radical (unpaired) electrons. The quantitative estimate of drug-likeness (QED) is 0.503. The third kappa shape index (κ3) is 3.78. The van der Waals surface area contributed by atoms with E-state index >= 15 is 0 Å². The second kappa shape index (κ2) is 8.57. The van der Waals surface area contributed by atoms with Gasteiger partial charge in [-0.2, -0.15) is 10.3 Å². The molecule has 2 heterocycles. The molecule has 0 amide bonds. The van der Waals surface area contributed by atoms with E-state index in [0.717, 1.165) is 28.1 Å². The summed E-state index contributed by atoms with van der Waals surface area (Å²) < 4.78 is 3.13. The summed E-state index contributed by atoms with van der Waals surface area (Å²) in [7, 11) is 0. The third-order valence-corrected chi connectivity index (χ3v) is 4.84. The Kier molecular flexibility index (Phi) is 5.52. The summed E-state index contributed by atoms with van der Waals surface area (Å²) in [4.78, 5) is 12.7. The van der Waals surface area contributed by atoms with Crippen LogP contribution >= 0.6 is 0 Å². The Morgan fingerprint density at radius 2 is 1.83 bits per heavy atom. The second-order valence-electron chi connectivity index (χ2n) is 6.70. The van der Waals surface area contributed by atoms with Gasteiger partial charge in [0.25, 0.3) is 0 Å².